The number of methoxy groups -OCH3 is 1. The van der Waals surface area contributed by atoms with Gasteiger partial charge in [-0.1, -0.05) is 88.2 Å². The van der Waals surface area contributed by atoms with E-state index in [1.54, 1.807) is 36.4 Å². The number of hydrogen-bond donors (Lipinski definition) is 1. The number of allylic oxidation sites excluding steroid dienone is 4. The predicted molar refractivity (Wildman–Crippen MR) is 195 cm³/mol. The van der Waals surface area contributed by atoms with Gasteiger partial charge in [-0.2, -0.15) is 0 Å². The molecular weight excluding hydrogens is 728 g/mol. The number of Topliss-reactive ketones (excluding diaryl/α,β-unsaturated/α-hetero) is 1. The highest BCUT2D eigenvalue weighted by Crippen LogP contribution is 2.65. The second kappa shape index (κ2) is 12.5. The smallest absolute Gasteiger partial charge is 0.269 e. The number of carbonyl (C=O) groups excluding carboxylic acids is 4. The Bertz CT molecular complexity index is 2250. The number of anilines is 1. The summed E-state index contributed by atoms with van der Waals surface area (Å²) in [5.74, 6) is -5.77. The molecule has 1 aliphatic heterocycles. The van der Waals surface area contributed by atoms with Crippen molar-refractivity contribution in [3.05, 3.63) is 146 Å². The van der Waals surface area contributed by atoms with Crippen LogP contribution in [0.3, 0.4) is 0 Å². The van der Waals surface area contributed by atoms with Crippen molar-refractivity contribution in [2.24, 2.45) is 23.7 Å². The van der Waals surface area contributed by atoms with E-state index in [4.69, 9.17) is 4.74 Å². The zero-order valence-corrected chi connectivity index (χ0v) is 29.4. The van der Waals surface area contributed by atoms with Gasteiger partial charge in [0.05, 0.1) is 35.0 Å². The van der Waals surface area contributed by atoms with Gasteiger partial charge < -0.3 is 9.84 Å². The first-order valence-electron chi connectivity index (χ1n) is 16.9. The van der Waals surface area contributed by atoms with Crippen molar-refractivity contribution in [1.82, 2.24) is 0 Å². The predicted octanol–water partition coefficient (Wildman–Crippen LogP) is 7.10. The van der Waals surface area contributed by atoms with E-state index >= 15 is 9.59 Å². The Morgan fingerprint density at radius 2 is 1.58 bits per heavy atom. The van der Waals surface area contributed by atoms with Crippen molar-refractivity contribution in [2.45, 2.75) is 24.2 Å². The number of ketones is 2. The molecule has 0 radical (unpaired) electrons. The number of nitro benzene ring substituents is 1. The lowest BCUT2D eigenvalue weighted by Gasteiger charge is -2.55. The first-order chi connectivity index (χ1) is 25.1. The lowest BCUT2D eigenvalue weighted by molar-refractivity contribution is -0.384. The Morgan fingerprint density at radius 1 is 0.904 bits per heavy atom. The molecule has 10 nitrogen and oxygen atoms in total. The fourth-order valence-electron chi connectivity index (χ4n) is 9.17. The molecule has 1 heterocycles. The quantitative estimate of drug-likeness (QED) is 0.0950. The molecular formula is C41H31BrN2O8. The molecule has 11 heteroatoms. The van der Waals surface area contributed by atoms with Crippen LogP contribution in [-0.2, 0) is 24.6 Å². The first-order valence-corrected chi connectivity index (χ1v) is 17.7. The Kier molecular flexibility index (Phi) is 8.06. The molecule has 6 atom stereocenters. The molecule has 260 valence electrons. The number of nitrogens with zero attached hydrogens (tertiary/aromatic N) is 2. The number of benzene rings is 4. The topological polar surface area (TPSA) is 144 Å². The molecule has 2 amide bonds. The number of phenolic OH excluding ortho intramolecular Hbond substituents is 1. The molecule has 0 spiro atoms. The summed E-state index contributed by atoms with van der Waals surface area (Å²) < 4.78 is 6.14. The number of non-ortho nitro benzene ring substituents is 1. The van der Waals surface area contributed by atoms with Gasteiger partial charge in [0, 0.05) is 39.6 Å². The average Bonchev–Trinajstić information content (AvgIpc) is 3.42. The fraction of sp³-hybridized carbons (Fsp3) is 0.220. The lowest BCUT2D eigenvalue weighted by atomic mass is 9.44. The highest BCUT2D eigenvalue weighted by atomic mass is 79.9. The van der Waals surface area contributed by atoms with E-state index < -0.39 is 51.7 Å². The number of fused-ring (bicyclic) bond motifs is 4. The molecule has 4 aromatic carbocycles. The minimum absolute atomic E-state index is 0.0894. The van der Waals surface area contributed by atoms with Gasteiger partial charge in [0.25, 0.3) is 5.69 Å². The van der Waals surface area contributed by atoms with Crippen LogP contribution in [0.25, 0.3) is 5.57 Å². The number of phenols is 1. The molecule has 6 unspecified atom stereocenters. The Hall–Kier alpha value is -5.68. The Labute approximate surface area is 306 Å². The zero-order chi connectivity index (χ0) is 36.5. The number of carbonyl (C=O) groups is 4. The van der Waals surface area contributed by atoms with Crippen LogP contribution in [-0.4, -0.2) is 40.5 Å². The summed E-state index contributed by atoms with van der Waals surface area (Å²) >= 11 is 3.56. The standard InChI is InChI=1S/C41H31BrN2O8/c1-52-33-19-24(42)18-31(38(33)47)36-27-16-17-28-35(40(49)43(39(28)48)25-12-14-26(15-13-25)44(50)51)30(27)20-32-37(46)29(22-8-4-2-5-9-22)21-34(45)41(32,36)23-10-6-3-7-11-23/h2-16,18-19,21,28,30,32,35-36,47H,17,20H2,1H3. The van der Waals surface area contributed by atoms with E-state index in [0.717, 1.165) is 4.90 Å². The third-order valence-corrected chi connectivity index (χ3v) is 11.8. The highest BCUT2D eigenvalue weighted by molar-refractivity contribution is 9.10. The van der Waals surface area contributed by atoms with E-state index in [-0.39, 0.29) is 52.9 Å². The molecule has 4 aliphatic rings. The van der Waals surface area contributed by atoms with Gasteiger partial charge in [-0.3, -0.25) is 34.2 Å². The van der Waals surface area contributed by atoms with Crippen molar-refractivity contribution in [2.75, 3.05) is 12.0 Å². The SMILES string of the molecule is COc1cc(Br)cc(C2C3=CCC4C(=O)N(c5ccc([N+](=O)[O-])cc5)C(=O)C4C3CC3C(=O)C(c4ccccc4)=CC(=O)C32c2ccccc2)c1O. The minimum atomic E-state index is -1.53. The first kappa shape index (κ1) is 33.5. The number of amides is 2. The summed E-state index contributed by atoms with van der Waals surface area (Å²) in [6.07, 6.45) is 3.60. The molecule has 3 aliphatic carbocycles. The highest BCUT2D eigenvalue weighted by Gasteiger charge is 2.66. The largest absolute Gasteiger partial charge is 0.504 e. The van der Waals surface area contributed by atoms with Crippen LogP contribution in [0.1, 0.15) is 35.4 Å². The molecule has 52 heavy (non-hydrogen) atoms. The van der Waals surface area contributed by atoms with Gasteiger partial charge in [-0.25, -0.2) is 0 Å². The van der Waals surface area contributed by atoms with E-state index in [1.165, 1.54) is 37.5 Å². The molecule has 0 aromatic heterocycles. The van der Waals surface area contributed by atoms with E-state index in [9.17, 15) is 24.8 Å². The van der Waals surface area contributed by atoms with Gasteiger partial charge in [-0.05, 0) is 60.2 Å². The molecule has 1 saturated carbocycles. The summed E-state index contributed by atoms with van der Waals surface area (Å²) in [5, 5.41) is 23.2. The maximum Gasteiger partial charge on any atom is 0.269 e. The number of imide groups is 1. The van der Waals surface area contributed by atoms with Crippen molar-refractivity contribution >= 4 is 56.3 Å². The number of hydrogen-bond acceptors (Lipinski definition) is 8. The Balaban J connectivity index is 1.36. The summed E-state index contributed by atoms with van der Waals surface area (Å²) in [6.45, 7) is 0. The van der Waals surface area contributed by atoms with E-state index in [2.05, 4.69) is 15.9 Å². The van der Waals surface area contributed by atoms with Crippen LogP contribution in [0.15, 0.2) is 119 Å². The molecule has 0 bridgehead atoms. The van der Waals surface area contributed by atoms with E-state index in [1.807, 2.05) is 42.5 Å². The second-order valence-corrected chi connectivity index (χ2v) is 14.5. The molecule has 1 N–H and O–H groups in total. The number of aromatic hydroxyl groups is 1. The summed E-state index contributed by atoms with van der Waals surface area (Å²) in [6, 6.07) is 26.7. The van der Waals surface area contributed by atoms with Gasteiger partial charge in [0.15, 0.2) is 23.1 Å². The van der Waals surface area contributed by atoms with Gasteiger partial charge in [0.2, 0.25) is 11.8 Å². The van der Waals surface area contributed by atoms with Crippen molar-refractivity contribution < 1.29 is 33.9 Å². The van der Waals surface area contributed by atoms with Crippen LogP contribution in [0, 0.1) is 33.8 Å². The van der Waals surface area contributed by atoms with Crippen molar-refractivity contribution in [3.63, 3.8) is 0 Å². The number of ether oxygens (including phenoxy) is 1. The van der Waals surface area contributed by atoms with Crippen LogP contribution in [0.4, 0.5) is 11.4 Å². The minimum Gasteiger partial charge on any atom is -0.504 e. The zero-order valence-electron chi connectivity index (χ0n) is 27.8. The monoisotopic (exact) mass is 758 g/mol. The third kappa shape index (κ3) is 4.82. The fourth-order valence-corrected chi connectivity index (χ4v) is 9.62. The molecule has 8 rings (SSSR count). The summed E-state index contributed by atoms with van der Waals surface area (Å²) in [4.78, 5) is 70.7. The van der Waals surface area contributed by atoms with Crippen LogP contribution in [0.5, 0.6) is 11.5 Å². The van der Waals surface area contributed by atoms with Gasteiger partial charge in [-0.15, -0.1) is 0 Å². The average molecular weight is 760 g/mol. The lowest BCUT2D eigenvalue weighted by Crippen LogP contribution is -2.58. The van der Waals surface area contributed by atoms with E-state index in [0.29, 0.717) is 26.7 Å². The number of nitro groups is 1. The maximum absolute atomic E-state index is 15.2. The van der Waals surface area contributed by atoms with Crippen LogP contribution < -0.4 is 9.64 Å². The third-order valence-electron chi connectivity index (χ3n) is 11.3. The maximum atomic E-state index is 15.2. The van der Waals surface area contributed by atoms with Crippen molar-refractivity contribution in [1.29, 1.82) is 0 Å². The second-order valence-electron chi connectivity index (χ2n) is 13.6. The van der Waals surface area contributed by atoms with Crippen molar-refractivity contribution in [3.8, 4) is 11.5 Å². The molecule has 1 saturated heterocycles. The Morgan fingerprint density at radius 3 is 2.23 bits per heavy atom. The summed E-state index contributed by atoms with van der Waals surface area (Å²) in [7, 11) is 1.43. The number of rotatable bonds is 6. The molecule has 4 aromatic rings. The summed E-state index contributed by atoms with van der Waals surface area (Å²) in [5.41, 5.74) is 0.978. The van der Waals surface area contributed by atoms with Crippen LogP contribution in [0.2, 0.25) is 0 Å². The number of halogens is 1. The normalized spacial score (nSPS) is 26.6. The molecule has 2 fully saturated rings. The van der Waals surface area contributed by atoms with Crippen LogP contribution >= 0.6 is 15.9 Å². The van der Waals surface area contributed by atoms with Gasteiger partial charge >= 0.3 is 0 Å². The van der Waals surface area contributed by atoms with Gasteiger partial charge in [0.1, 0.15) is 0 Å².